The van der Waals surface area contributed by atoms with E-state index in [0.717, 1.165) is 0 Å². The zero-order valence-electron chi connectivity index (χ0n) is 16.2. The summed E-state index contributed by atoms with van der Waals surface area (Å²) in [6, 6.07) is 11.7. The summed E-state index contributed by atoms with van der Waals surface area (Å²) in [6.45, 7) is 7.25. The molecule has 0 radical (unpaired) electrons. The third kappa shape index (κ3) is 3.58. The van der Waals surface area contributed by atoms with Crippen LogP contribution in [0, 0.1) is 25.5 Å². The Morgan fingerprint density at radius 1 is 0.867 bits per heavy atom. The molecule has 30 heavy (non-hydrogen) atoms. The highest BCUT2D eigenvalue weighted by atomic mass is 19.3. The van der Waals surface area contributed by atoms with Gasteiger partial charge < -0.3 is 14.8 Å². The maximum absolute atomic E-state index is 14.9. The van der Waals surface area contributed by atoms with E-state index in [-0.39, 0.29) is 17.1 Å². The number of hydrogen-bond donors (Lipinski definition) is 1. The van der Waals surface area contributed by atoms with E-state index in [4.69, 9.17) is 0 Å². The van der Waals surface area contributed by atoms with Crippen LogP contribution in [0.2, 0.25) is 0 Å². The summed E-state index contributed by atoms with van der Waals surface area (Å²) in [5.74, 6) is -1.29. The molecule has 4 rings (SSSR count). The van der Waals surface area contributed by atoms with Crippen LogP contribution in [-0.2, 0) is 0 Å². The van der Waals surface area contributed by atoms with E-state index >= 15 is 0 Å². The lowest BCUT2D eigenvalue weighted by atomic mass is 9.98. The van der Waals surface area contributed by atoms with Crippen molar-refractivity contribution in [3.05, 3.63) is 83.4 Å². The van der Waals surface area contributed by atoms with Crippen LogP contribution in [-0.4, -0.2) is 6.29 Å². The summed E-state index contributed by atoms with van der Waals surface area (Å²) in [4.78, 5) is 0. The normalized spacial score (nSPS) is 13.9. The van der Waals surface area contributed by atoms with Crippen molar-refractivity contribution in [1.82, 2.24) is 0 Å². The van der Waals surface area contributed by atoms with Crippen LogP contribution in [0.4, 0.5) is 23.2 Å². The second-order valence-electron chi connectivity index (χ2n) is 7.01. The number of halogens is 4. The van der Waals surface area contributed by atoms with Gasteiger partial charge in [0.05, 0.1) is 0 Å². The maximum atomic E-state index is 14.9. The molecular weight excluding hydrogens is 398 g/mol. The average Bonchev–Trinajstić information content (AvgIpc) is 2.94. The Balaban J connectivity index is 1.63. The smallest absolute Gasteiger partial charge is 0.395 e. The van der Waals surface area contributed by atoms with Crippen LogP contribution in [0.3, 0.4) is 0 Å². The third-order valence-corrected chi connectivity index (χ3v) is 4.83. The van der Waals surface area contributed by atoms with Gasteiger partial charge in [0.15, 0.2) is 11.5 Å². The molecule has 0 saturated heterocycles. The first-order valence-corrected chi connectivity index (χ1v) is 9.06. The van der Waals surface area contributed by atoms with Crippen LogP contribution < -0.4 is 14.8 Å². The van der Waals surface area contributed by atoms with Crippen LogP contribution in [0.1, 0.15) is 16.7 Å². The van der Waals surface area contributed by atoms with E-state index in [1.807, 2.05) is 0 Å². The number of nitrogens with one attached hydrogen (secondary N) is 1. The Morgan fingerprint density at radius 2 is 1.57 bits per heavy atom. The van der Waals surface area contributed by atoms with Gasteiger partial charge in [0.2, 0.25) is 0 Å². The fourth-order valence-corrected chi connectivity index (χ4v) is 3.45. The number of anilines is 1. The van der Waals surface area contributed by atoms with Crippen LogP contribution in [0.15, 0.2) is 55.1 Å². The molecule has 3 aromatic rings. The molecule has 0 bridgehead atoms. The average molecular weight is 415 g/mol. The van der Waals surface area contributed by atoms with Gasteiger partial charge in [0.25, 0.3) is 0 Å². The van der Waals surface area contributed by atoms with Crippen LogP contribution in [0.5, 0.6) is 11.5 Å². The molecule has 0 unspecified atom stereocenters. The molecule has 3 nitrogen and oxygen atoms in total. The molecule has 1 N–H and O–H groups in total. The second-order valence-corrected chi connectivity index (χ2v) is 7.01. The van der Waals surface area contributed by atoms with Gasteiger partial charge in [-0.05, 0) is 66.9 Å². The summed E-state index contributed by atoms with van der Waals surface area (Å²) in [5, 5.41) is 2.91. The predicted octanol–water partition coefficient (Wildman–Crippen LogP) is 6.65. The largest absolute Gasteiger partial charge is 0.586 e. The van der Waals surface area contributed by atoms with Crippen LogP contribution in [0.25, 0.3) is 16.8 Å². The first kappa shape index (κ1) is 19.8. The number of aryl methyl sites for hydroxylation is 2. The van der Waals surface area contributed by atoms with E-state index in [0.29, 0.717) is 33.6 Å². The van der Waals surface area contributed by atoms with Gasteiger partial charge in [-0.3, -0.25) is 0 Å². The Hall–Kier alpha value is -3.48. The molecule has 154 valence electrons. The Kier molecular flexibility index (Phi) is 4.68. The first-order valence-electron chi connectivity index (χ1n) is 9.06. The molecule has 0 spiro atoms. The minimum Gasteiger partial charge on any atom is -0.395 e. The van der Waals surface area contributed by atoms with E-state index < -0.39 is 17.9 Å². The number of alkyl halides is 2. The van der Waals surface area contributed by atoms with Crippen molar-refractivity contribution in [1.29, 1.82) is 0 Å². The number of rotatable bonds is 4. The topological polar surface area (TPSA) is 30.5 Å². The van der Waals surface area contributed by atoms with Gasteiger partial charge >= 0.3 is 6.29 Å². The molecule has 0 aliphatic carbocycles. The Morgan fingerprint density at radius 3 is 2.23 bits per heavy atom. The first-order chi connectivity index (χ1) is 14.1. The standard InChI is InChI=1S/C23H17F4NO2/c1-12-5-4-6-18(24)22(12)14(3)28-15-7-8-16(19(25)10-15)17-11-21-20(9-13(17)2)29-23(26,27)30-21/h4-11,28H,3H2,1-2H3. The molecule has 0 saturated carbocycles. The molecule has 0 atom stereocenters. The molecular formula is C23H17F4NO2. The molecule has 1 aliphatic rings. The Bertz CT molecular complexity index is 1150. The number of benzene rings is 3. The van der Waals surface area contributed by atoms with E-state index in [1.54, 1.807) is 32.0 Å². The highest BCUT2D eigenvalue weighted by Gasteiger charge is 2.43. The molecule has 1 aliphatic heterocycles. The van der Waals surface area contributed by atoms with Gasteiger partial charge in [-0.2, -0.15) is 0 Å². The fraction of sp³-hybridized carbons (Fsp3) is 0.130. The van der Waals surface area contributed by atoms with Gasteiger partial charge in [0, 0.05) is 22.5 Å². The SMILES string of the molecule is C=C(Nc1ccc(-c2cc3c(cc2C)OC(F)(F)O3)c(F)c1)c1c(C)cccc1F. The Labute approximate surface area is 170 Å². The molecule has 7 heteroatoms. The highest BCUT2D eigenvalue weighted by molar-refractivity contribution is 5.79. The van der Waals surface area contributed by atoms with Gasteiger partial charge in [0.1, 0.15) is 11.6 Å². The fourth-order valence-electron chi connectivity index (χ4n) is 3.45. The number of fused-ring (bicyclic) bond motifs is 1. The van der Waals surface area contributed by atoms with Crippen molar-refractivity contribution in [3.8, 4) is 22.6 Å². The lowest BCUT2D eigenvalue weighted by Gasteiger charge is -2.15. The van der Waals surface area contributed by atoms with E-state index in [9.17, 15) is 17.6 Å². The third-order valence-electron chi connectivity index (χ3n) is 4.83. The summed E-state index contributed by atoms with van der Waals surface area (Å²) < 4.78 is 64.5. The second kappa shape index (κ2) is 7.09. The van der Waals surface area contributed by atoms with Crippen molar-refractivity contribution in [2.24, 2.45) is 0 Å². The predicted molar refractivity (Wildman–Crippen MR) is 107 cm³/mol. The van der Waals surface area contributed by atoms with E-state index in [1.165, 1.54) is 30.3 Å². The number of hydrogen-bond acceptors (Lipinski definition) is 3. The zero-order chi connectivity index (χ0) is 21.6. The van der Waals surface area contributed by atoms with Crippen molar-refractivity contribution >= 4 is 11.4 Å². The monoisotopic (exact) mass is 415 g/mol. The summed E-state index contributed by atoms with van der Waals surface area (Å²) in [7, 11) is 0. The van der Waals surface area contributed by atoms with Gasteiger partial charge in [-0.25, -0.2) is 8.78 Å². The zero-order valence-corrected chi connectivity index (χ0v) is 16.2. The van der Waals surface area contributed by atoms with Crippen molar-refractivity contribution < 1.29 is 27.0 Å². The highest BCUT2D eigenvalue weighted by Crippen LogP contribution is 2.45. The quantitative estimate of drug-likeness (QED) is 0.484. The number of ether oxygens (including phenoxy) is 2. The van der Waals surface area contributed by atoms with Crippen LogP contribution >= 0.6 is 0 Å². The van der Waals surface area contributed by atoms with E-state index in [2.05, 4.69) is 21.4 Å². The van der Waals surface area contributed by atoms with Crippen molar-refractivity contribution in [2.75, 3.05) is 5.32 Å². The molecule has 1 heterocycles. The maximum Gasteiger partial charge on any atom is 0.586 e. The summed E-state index contributed by atoms with van der Waals surface area (Å²) in [6.07, 6.45) is -3.75. The lowest BCUT2D eigenvalue weighted by Crippen LogP contribution is -2.25. The minimum absolute atomic E-state index is 0.100. The van der Waals surface area contributed by atoms with Crippen molar-refractivity contribution in [2.45, 2.75) is 20.1 Å². The van der Waals surface area contributed by atoms with Gasteiger partial charge in [-0.15, -0.1) is 8.78 Å². The summed E-state index contributed by atoms with van der Waals surface area (Å²) >= 11 is 0. The minimum atomic E-state index is -3.75. The van der Waals surface area contributed by atoms with Crippen molar-refractivity contribution in [3.63, 3.8) is 0 Å². The molecule has 0 fully saturated rings. The molecule has 0 aromatic heterocycles. The molecule has 0 amide bonds. The van der Waals surface area contributed by atoms with Gasteiger partial charge in [-0.1, -0.05) is 18.7 Å². The molecule has 3 aromatic carbocycles. The summed E-state index contributed by atoms with van der Waals surface area (Å²) in [5.41, 5.74) is 2.80. The lowest BCUT2D eigenvalue weighted by molar-refractivity contribution is -0.286.